The summed E-state index contributed by atoms with van der Waals surface area (Å²) >= 11 is 0. The number of rotatable bonds is 1. The van der Waals surface area contributed by atoms with Crippen LogP contribution in [0.25, 0.3) is 0 Å². The van der Waals surface area contributed by atoms with Gasteiger partial charge < -0.3 is 9.80 Å². The second kappa shape index (κ2) is 5.54. The number of fused-ring (bicyclic) bond motifs is 1. The highest BCUT2D eigenvalue weighted by molar-refractivity contribution is 5.95. The highest BCUT2D eigenvalue weighted by atomic mass is 19.4. The molecule has 2 aliphatic rings. The van der Waals surface area contributed by atoms with E-state index < -0.39 is 17.6 Å². The fourth-order valence-electron chi connectivity index (χ4n) is 3.37. The lowest BCUT2D eigenvalue weighted by Gasteiger charge is -2.30. The fourth-order valence-corrected chi connectivity index (χ4v) is 3.37. The van der Waals surface area contributed by atoms with Gasteiger partial charge in [-0.2, -0.15) is 13.2 Å². The first-order chi connectivity index (χ1) is 10.8. The first kappa shape index (κ1) is 15.8. The molecule has 1 aromatic rings. The number of amides is 2. The Kier molecular flexibility index (Phi) is 3.82. The lowest BCUT2D eigenvalue weighted by Crippen LogP contribution is -2.42. The van der Waals surface area contributed by atoms with E-state index in [9.17, 15) is 22.8 Å². The Morgan fingerprint density at radius 2 is 2.00 bits per heavy atom. The average molecular weight is 326 g/mol. The first-order valence-electron chi connectivity index (χ1n) is 7.49. The number of halogens is 3. The van der Waals surface area contributed by atoms with Gasteiger partial charge in [-0.15, -0.1) is 0 Å². The van der Waals surface area contributed by atoms with E-state index >= 15 is 0 Å². The minimum atomic E-state index is -4.48. The van der Waals surface area contributed by atoms with Crippen LogP contribution in [0.3, 0.4) is 0 Å². The Bertz CT molecular complexity index is 644. The normalized spacial score (nSPS) is 24.8. The average Bonchev–Trinajstić information content (AvgIpc) is 2.94. The molecular weight excluding hydrogens is 309 g/mol. The van der Waals surface area contributed by atoms with Crippen LogP contribution in [-0.2, 0) is 11.0 Å². The summed E-state index contributed by atoms with van der Waals surface area (Å²) in [7, 11) is 1.73. The van der Waals surface area contributed by atoms with E-state index in [1.807, 2.05) is 0 Å². The van der Waals surface area contributed by atoms with Gasteiger partial charge in [-0.25, -0.2) is 0 Å². The molecule has 2 aliphatic heterocycles. The van der Waals surface area contributed by atoms with E-state index in [1.54, 1.807) is 11.9 Å². The van der Waals surface area contributed by atoms with Crippen LogP contribution in [0.5, 0.6) is 0 Å². The molecule has 3 rings (SSSR count). The van der Waals surface area contributed by atoms with Gasteiger partial charge >= 0.3 is 6.18 Å². The third kappa shape index (κ3) is 2.92. The van der Waals surface area contributed by atoms with Crippen molar-refractivity contribution < 1.29 is 22.8 Å². The van der Waals surface area contributed by atoms with Crippen LogP contribution in [-0.4, -0.2) is 48.3 Å². The Balaban J connectivity index is 1.79. The van der Waals surface area contributed by atoms with E-state index in [-0.39, 0.29) is 29.9 Å². The van der Waals surface area contributed by atoms with E-state index in [0.717, 1.165) is 18.6 Å². The number of benzene rings is 1. The summed E-state index contributed by atoms with van der Waals surface area (Å²) in [4.78, 5) is 27.8. The molecule has 0 saturated carbocycles. The zero-order valence-corrected chi connectivity index (χ0v) is 12.6. The van der Waals surface area contributed by atoms with Gasteiger partial charge in [-0.3, -0.25) is 9.59 Å². The van der Waals surface area contributed by atoms with E-state index in [4.69, 9.17) is 0 Å². The second-order valence-electron chi connectivity index (χ2n) is 6.20. The number of hydrogen-bond donors (Lipinski definition) is 0. The molecular formula is C16H17F3N2O2. The first-order valence-corrected chi connectivity index (χ1v) is 7.49. The SMILES string of the molecule is CN1CC[C@@H]2CN(C(=O)c3cccc(C(F)(F)F)c3)C[C@@H]2C1=O. The van der Waals surface area contributed by atoms with Crippen LogP contribution in [0.4, 0.5) is 13.2 Å². The largest absolute Gasteiger partial charge is 0.416 e. The van der Waals surface area contributed by atoms with Gasteiger partial charge in [0, 0.05) is 32.2 Å². The molecule has 0 N–H and O–H groups in total. The molecule has 0 spiro atoms. The van der Waals surface area contributed by atoms with Gasteiger partial charge in [0.1, 0.15) is 0 Å². The zero-order chi connectivity index (χ0) is 16.8. The van der Waals surface area contributed by atoms with Gasteiger partial charge in [0.15, 0.2) is 0 Å². The monoisotopic (exact) mass is 326 g/mol. The molecule has 4 nitrogen and oxygen atoms in total. The Hall–Kier alpha value is -2.05. The number of alkyl halides is 3. The maximum absolute atomic E-state index is 12.8. The summed E-state index contributed by atoms with van der Waals surface area (Å²) in [6, 6.07) is 4.43. The van der Waals surface area contributed by atoms with Crippen LogP contribution in [0.1, 0.15) is 22.3 Å². The van der Waals surface area contributed by atoms with Gasteiger partial charge in [0.25, 0.3) is 5.91 Å². The fraction of sp³-hybridized carbons (Fsp3) is 0.500. The Morgan fingerprint density at radius 3 is 2.70 bits per heavy atom. The molecule has 0 aromatic heterocycles. The lowest BCUT2D eigenvalue weighted by molar-refractivity contribution is -0.138. The third-order valence-electron chi connectivity index (χ3n) is 4.69. The second-order valence-corrected chi connectivity index (χ2v) is 6.20. The molecule has 124 valence electrons. The van der Waals surface area contributed by atoms with Crippen LogP contribution in [0.15, 0.2) is 24.3 Å². The standard InChI is InChI=1S/C16H17F3N2O2/c1-20-6-5-11-8-21(9-13(11)15(20)23)14(22)10-3-2-4-12(7-10)16(17,18)19/h2-4,7,11,13H,5-6,8-9H2,1H3/t11-,13+/m1/s1. The molecule has 23 heavy (non-hydrogen) atoms. The van der Waals surface area contributed by atoms with Crippen molar-refractivity contribution in [1.82, 2.24) is 9.80 Å². The topological polar surface area (TPSA) is 40.6 Å². The van der Waals surface area contributed by atoms with Crippen molar-refractivity contribution in [2.45, 2.75) is 12.6 Å². The van der Waals surface area contributed by atoms with Gasteiger partial charge in [-0.1, -0.05) is 6.07 Å². The number of carbonyl (C=O) groups is 2. The number of carbonyl (C=O) groups excluding carboxylic acids is 2. The van der Waals surface area contributed by atoms with Gasteiger partial charge in [-0.05, 0) is 30.5 Å². The van der Waals surface area contributed by atoms with Gasteiger partial charge in [0.05, 0.1) is 11.5 Å². The molecule has 0 radical (unpaired) electrons. The molecule has 1 aromatic carbocycles. The quantitative estimate of drug-likeness (QED) is 0.794. The summed E-state index contributed by atoms with van der Waals surface area (Å²) in [5, 5.41) is 0. The smallest absolute Gasteiger partial charge is 0.345 e. The molecule has 2 amide bonds. The molecule has 7 heteroatoms. The van der Waals surface area contributed by atoms with Crippen molar-refractivity contribution in [2.75, 3.05) is 26.7 Å². The molecule has 2 fully saturated rings. The molecule has 2 atom stereocenters. The van der Waals surface area contributed by atoms with Crippen LogP contribution < -0.4 is 0 Å². The number of piperidine rings is 1. The third-order valence-corrected chi connectivity index (χ3v) is 4.69. The summed E-state index contributed by atoms with van der Waals surface area (Å²) in [5.74, 6) is -0.557. The maximum Gasteiger partial charge on any atom is 0.416 e. The summed E-state index contributed by atoms with van der Waals surface area (Å²) < 4.78 is 38.3. The predicted octanol–water partition coefficient (Wildman–Crippen LogP) is 2.26. The minimum Gasteiger partial charge on any atom is -0.345 e. The van der Waals surface area contributed by atoms with E-state index in [0.29, 0.717) is 13.1 Å². The van der Waals surface area contributed by atoms with Crippen molar-refractivity contribution in [3.8, 4) is 0 Å². The van der Waals surface area contributed by atoms with E-state index in [2.05, 4.69) is 0 Å². The van der Waals surface area contributed by atoms with Crippen molar-refractivity contribution >= 4 is 11.8 Å². The summed E-state index contributed by atoms with van der Waals surface area (Å²) in [6.45, 7) is 1.37. The highest BCUT2D eigenvalue weighted by Crippen LogP contribution is 2.33. The molecule has 0 unspecified atom stereocenters. The maximum atomic E-state index is 12.8. The Labute approximate surface area is 131 Å². The Morgan fingerprint density at radius 1 is 1.26 bits per heavy atom. The van der Waals surface area contributed by atoms with E-state index in [1.165, 1.54) is 17.0 Å². The van der Waals surface area contributed by atoms with Crippen molar-refractivity contribution in [3.63, 3.8) is 0 Å². The van der Waals surface area contributed by atoms with Crippen molar-refractivity contribution in [1.29, 1.82) is 0 Å². The predicted molar refractivity (Wildman–Crippen MR) is 76.6 cm³/mol. The van der Waals surface area contributed by atoms with Crippen LogP contribution >= 0.6 is 0 Å². The minimum absolute atomic E-state index is 0.0132. The molecule has 0 bridgehead atoms. The molecule has 2 saturated heterocycles. The highest BCUT2D eigenvalue weighted by Gasteiger charge is 2.43. The number of nitrogens with zero attached hydrogens (tertiary/aromatic N) is 2. The van der Waals surface area contributed by atoms with Crippen LogP contribution in [0, 0.1) is 11.8 Å². The van der Waals surface area contributed by atoms with Crippen molar-refractivity contribution in [2.24, 2.45) is 11.8 Å². The van der Waals surface area contributed by atoms with Gasteiger partial charge in [0.2, 0.25) is 5.91 Å². The zero-order valence-electron chi connectivity index (χ0n) is 12.6. The molecule has 2 heterocycles. The van der Waals surface area contributed by atoms with Crippen LogP contribution in [0.2, 0.25) is 0 Å². The molecule has 0 aliphatic carbocycles. The summed E-state index contributed by atoms with van der Waals surface area (Å²) in [6.07, 6.45) is -3.66. The lowest BCUT2D eigenvalue weighted by atomic mass is 9.88. The summed E-state index contributed by atoms with van der Waals surface area (Å²) in [5.41, 5.74) is -0.824. The number of likely N-dealkylation sites (tertiary alicyclic amines) is 2. The van der Waals surface area contributed by atoms with Crippen molar-refractivity contribution in [3.05, 3.63) is 35.4 Å². The number of hydrogen-bond acceptors (Lipinski definition) is 2.